The van der Waals surface area contributed by atoms with Gasteiger partial charge in [0.05, 0.1) is 5.56 Å². The molecule has 0 radical (unpaired) electrons. The van der Waals surface area contributed by atoms with E-state index in [0.29, 0.717) is 0 Å². The molecule has 0 aliphatic rings. The van der Waals surface area contributed by atoms with Gasteiger partial charge in [0.1, 0.15) is 6.04 Å². The predicted molar refractivity (Wildman–Crippen MR) is 59.1 cm³/mol. The number of carboxylic acids is 1. The van der Waals surface area contributed by atoms with Gasteiger partial charge in [0, 0.05) is 5.75 Å². The Morgan fingerprint density at radius 1 is 1.41 bits per heavy atom. The van der Waals surface area contributed by atoms with E-state index in [0.717, 1.165) is 18.2 Å². The van der Waals surface area contributed by atoms with Crippen LogP contribution in [0.2, 0.25) is 0 Å². The first-order chi connectivity index (χ1) is 7.97. The van der Waals surface area contributed by atoms with Gasteiger partial charge in [-0.05, 0) is 12.1 Å². The molecule has 1 aromatic carbocycles. The monoisotopic (exact) mass is 261 g/mol. The average Bonchev–Trinajstić information content (AvgIpc) is 2.28. The molecule has 1 atom stereocenters. The first-order valence-corrected chi connectivity index (χ1v) is 5.19. The summed E-state index contributed by atoms with van der Waals surface area (Å²) in [7, 11) is 0. The maximum Gasteiger partial charge on any atom is 0.327 e. The van der Waals surface area contributed by atoms with Crippen LogP contribution in [0.3, 0.4) is 0 Å². The quantitative estimate of drug-likeness (QED) is 0.710. The Morgan fingerprint density at radius 3 is 2.59 bits per heavy atom. The summed E-state index contributed by atoms with van der Waals surface area (Å²) in [5.41, 5.74) is -0.543. The van der Waals surface area contributed by atoms with Crippen LogP contribution in [0.1, 0.15) is 10.4 Å². The van der Waals surface area contributed by atoms with E-state index < -0.39 is 35.1 Å². The number of hydrogen-bond acceptors (Lipinski definition) is 3. The Balaban J connectivity index is 2.90. The molecule has 1 rings (SSSR count). The number of aliphatic carboxylic acids is 1. The standard InChI is InChI=1S/C10H9F2NO3S/c11-6-3-1-2-5(8(6)12)9(14)13-7(4-17)10(15)16/h1-3,7,17H,4H2,(H,13,14)(H,15,16)/t7-/m0/s1. The van der Waals surface area contributed by atoms with Crippen LogP contribution in [-0.4, -0.2) is 28.8 Å². The van der Waals surface area contributed by atoms with Gasteiger partial charge in [-0.15, -0.1) is 0 Å². The third kappa shape index (κ3) is 3.16. The molecule has 0 unspecified atom stereocenters. The number of hydrogen-bond donors (Lipinski definition) is 3. The average molecular weight is 261 g/mol. The summed E-state index contributed by atoms with van der Waals surface area (Å²) in [5.74, 6) is -4.94. The molecule has 1 amide bonds. The maximum atomic E-state index is 13.2. The van der Waals surface area contributed by atoms with Crippen LogP contribution in [-0.2, 0) is 4.79 Å². The summed E-state index contributed by atoms with van der Waals surface area (Å²) >= 11 is 3.72. The van der Waals surface area contributed by atoms with Gasteiger partial charge in [-0.25, -0.2) is 13.6 Å². The van der Waals surface area contributed by atoms with Crippen molar-refractivity contribution in [2.24, 2.45) is 0 Å². The molecule has 1 aromatic rings. The minimum atomic E-state index is -1.31. The molecular formula is C10H9F2NO3S. The van der Waals surface area contributed by atoms with Crippen LogP contribution >= 0.6 is 12.6 Å². The van der Waals surface area contributed by atoms with Crippen molar-refractivity contribution in [3.8, 4) is 0 Å². The van der Waals surface area contributed by atoms with E-state index >= 15 is 0 Å². The third-order valence-corrected chi connectivity index (χ3v) is 2.35. The highest BCUT2D eigenvalue weighted by molar-refractivity contribution is 7.80. The van der Waals surface area contributed by atoms with Crippen molar-refractivity contribution >= 4 is 24.5 Å². The number of benzene rings is 1. The number of carbonyl (C=O) groups is 2. The zero-order chi connectivity index (χ0) is 13.0. The molecule has 0 heterocycles. The molecule has 0 bridgehead atoms. The Bertz CT molecular complexity index is 453. The molecule has 4 nitrogen and oxygen atoms in total. The summed E-state index contributed by atoms with van der Waals surface area (Å²) in [4.78, 5) is 22.1. The number of nitrogens with one attached hydrogen (secondary N) is 1. The molecule has 2 N–H and O–H groups in total. The summed E-state index contributed by atoms with van der Waals surface area (Å²) in [6.45, 7) is 0. The van der Waals surface area contributed by atoms with Crippen LogP contribution < -0.4 is 5.32 Å². The zero-order valence-electron chi connectivity index (χ0n) is 8.48. The predicted octanol–water partition coefficient (Wildman–Crippen LogP) is 1.08. The van der Waals surface area contributed by atoms with Crippen molar-refractivity contribution in [3.63, 3.8) is 0 Å². The Morgan fingerprint density at radius 2 is 2.06 bits per heavy atom. The molecule has 0 saturated carbocycles. The molecule has 0 aliphatic carbocycles. The molecule has 0 aliphatic heterocycles. The van der Waals surface area contributed by atoms with Gasteiger partial charge in [0.15, 0.2) is 11.6 Å². The molecule has 17 heavy (non-hydrogen) atoms. The van der Waals surface area contributed by atoms with Crippen LogP contribution in [0.4, 0.5) is 8.78 Å². The zero-order valence-corrected chi connectivity index (χ0v) is 9.38. The molecule has 0 saturated heterocycles. The fourth-order valence-electron chi connectivity index (χ4n) is 1.10. The van der Waals surface area contributed by atoms with Crippen molar-refractivity contribution < 1.29 is 23.5 Å². The number of rotatable bonds is 4. The topological polar surface area (TPSA) is 66.4 Å². The number of thiol groups is 1. The number of amides is 1. The first-order valence-electron chi connectivity index (χ1n) is 4.56. The number of carbonyl (C=O) groups excluding carboxylic acids is 1. The lowest BCUT2D eigenvalue weighted by molar-refractivity contribution is -0.138. The Labute approximate surface area is 101 Å². The Kier molecular flexibility index (Phi) is 4.45. The van der Waals surface area contributed by atoms with Crippen LogP contribution in [0.25, 0.3) is 0 Å². The van der Waals surface area contributed by atoms with Crippen LogP contribution in [0.15, 0.2) is 18.2 Å². The lowest BCUT2D eigenvalue weighted by Gasteiger charge is -2.12. The van der Waals surface area contributed by atoms with E-state index in [1.807, 2.05) is 5.32 Å². The molecular weight excluding hydrogens is 252 g/mol. The maximum absolute atomic E-state index is 13.2. The molecule has 0 aromatic heterocycles. The first kappa shape index (κ1) is 13.4. The molecule has 92 valence electrons. The lowest BCUT2D eigenvalue weighted by Crippen LogP contribution is -2.42. The molecule has 0 spiro atoms. The van der Waals surface area contributed by atoms with Gasteiger partial charge in [-0.2, -0.15) is 12.6 Å². The van der Waals surface area contributed by atoms with Gasteiger partial charge in [-0.1, -0.05) is 6.07 Å². The Hall–Kier alpha value is -1.63. The van der Waals surface area contributed by atoms with Gasteiger partial charge < -0.3 is 10.4 Å². The van der Waals surface area contributed by atoms with E-state index in [4.69, 9.17) is 5.11 Å². The number of carboxylic acid groups (broad SMARTS) is 1. The second-order valence-corrected chi connectivity index (χ2v) is 3.51. The fraction of sp³-hybridized carbons (Fsp3) is 0.200. The minimum Gasteiger partial charge on any atom is -0.480 e. The van der Waals surface area contributed by atoms with Gasteiger partial charge in [0.25, 0.3) is 5.91 Å². The van der Waals surface area contributed by atoms with E-state index in [1.54, 1.807) is 0 Å². The van der Waals surface area contributed by atoms with Gasteiger partial charge >= 0.3 is 5.97 Å². The van der Waals surface area contributed by atoms with E-state index in [9.17, 15) is 18.4 Å². The van der Waals surface area contributed by atoms with E-state index in [-0.39, 0.29) is 5.75 Å². The summed E-state index contributed by atoms with van der Waals surface area (Å²) in [5, 5.41) is 10.7. The van der Waals surface area contributed by atoms with Gasteiger partial charge in [0.2, 0.25) is 0 Å². The van der Waals surface area contributed by atoms with Crippen LogP contribution in [0.5, 0.6) is 0 Å². The third-order valence-electron chi connectivity index (χ3n) is 1.98. The summed E-state index contributed by atoms with van der Waals surface area (Å²) < 4.78 is 26.0. The minimum absolute atomic E-state index is 0.155. The summed E-state index contributed by atoms with van der Waals surface area (Å²) in [6, 6.07) is 1.82. The number of halogens is 2. The SMILES string of the molecule is O=C(N[C@@H](CS)C(=O)O)c1cccc(F)c1F. The highest BCUT2D eigenvalue weighted by Crippen LogP contribution is 2.11. The smallest absolute Gasteiger partial charge is 0.327 e. The second-order valence-electron chi connectivity index (χ2n) is 3.15. The summed E-state index contributed by atoms with van der Waals surface area (Å²) in [6.07, 6.45) is 0. The highest BCUT2D eigenvalue weighted by Gasteiger charge is 2.21. The van der Waals surface area contributed by atoms with Crippen LogP contribution in [0, 0.1) is 11.6 Å². The van der Waals surface area contributed by atoms with Crippen molar-refractivity contribution in [1.29, 1.82) is 0 Å². The lowest BCUT2D eigenvalue weighted by atomic mass is 10.2. The van der Waals surface area contributed by atoms with Crippen molar-refractivity contribution in [2.75, 3.05) is 5.75 Å². The van der Waals surface area contributed by atoms with Crippen molar-refractivity contribution in [3.05, 3.63) is 35.4 Å². The van der Waals surface area contributed by atoms with Crippen molar-refractivity contribution in [1.82, 2.24) is 5.32 Å². The van der Waals surface area contributed by atoms with E-state index in [1.165, 1.54) is 0 Å². The highest BCUT2D eigenvalue weighted by atomic mass is 32.1. The molecule has 7 heteroatoms. The fourth-order valence-corrected chi connectivity index (χ4v) is 1.35. The van der Waals surface area contributed by atoms with Gasteiger partial charge in [-0.3, -0.25) is 4.79 Å². The molecule has 0 fully saturated rings. The second kappa shape index (κ2) is 5.62. The normalized spacial score (nSPS) is 11.9. The van der Waals surface area contributed by atoms with E-state index in [2.05, 4.69) is 12.6 Å². The van der Waals surface area contributed by atoms with Crippen molar-refractivity contribution in [2.45, 2.75) is 6.04 Å². The largest absolute Gasteiger partial charge is 0.480 e.